The van der Waals surface area contributed by atoms with Crippen LogP contribution in [0.15, 0.2) is 18.3 Å². The minimum atomic E-state index is -0.483. The van der Waals surface area contributed by atoms with Gasteiger partial charge in [0.2, 0.25) is 5.88 Å². The molecule has 3 rings (SSSR count). The van der Waals surface area contributed by atoms with E-state index in [4.69, 9.17) is 9.47 Å². The van der Waals surface area contributed by atoms with E-state index in [0.29, 0.717) is 12.5 Å². The van der Waals surface area contributed by atoms with Gasteiger partial charge in [-0.1, -0.05) is 0 Å². The van der Waals surface area contributed by atoms with Crippen LogP contribution in [0.3, 0.4) is 0 Å². The van der Waals surface area contributed by atoms with Gasteiger partial charge in [0, 0.05) is 24.1 Å². The lowest BCUT2D eigenvalue weighted by atomic mass is 9.90. The fraction of sp³-hybridized carbons (Fsp3) is 0.647. The van der Waals surface area contributed by atoms with Crippen molar-refractivity contribution in [1.29, 1.82) is 0 Å². The van der Waals surface area contributed by atoms with Crippen molar-refractivity contribution in [1.82, 2.24) is 9.88 Å². The molecule has 0 N–H and O–H groups in total. The van der Waals surface area contributed by atoms with Crippen molar-refractivity contribution in [2.24, 2.45) is 5.92 Å². The van der Waals surface area contributed by atoms with Crippen LogP contribution in [0, 0.1) is 11.7 Å². The van der Waals surface area contributed by atoms with E-state index in [0.717, 1.165) is 25.5 Å². The summed E-state index contributed by atoms with van der Waals surface area (Å²) < 4.78 is 24.0. The molecule has 3 atom stereocenters. The molecule has 0 aliphatic carbocycles. The third-order valence-corrected chi connectivity index (χ3v) is 4.42. The second-order valence-electron chi connectivity index (χ2n) is 7.31. The summed E-state index contributed by atoms with van der Waals surface area (Å²) in [6, 6.07) is 3.25. The standard InChI is InChI=1S/C17H23FN2O3/c1-17(2,3)23-16(21)20-13-5-6-14(20)11(8-13)10-22-15-7-4-12(18)9-19-15/h4,7,9,11,13-14H,5-6,8,10H2,1-3H3. The summed E-state index contributed by atoms with van der Waals surface area (Å²) in [6.45, 7) is 6.12. The van der Waals surface area contributed by atoms with E-state index < -0.39 is 5.60 Å². The maximum absolute atomic E-state index is 12.8. The predicted molar refractivity (Wildman–Crippen MR) is 82.7 cm³/mol. The second-order valence-corrected chi connectivity index (χ2v) is 7.31. The molecule has 2 aliphatic rings. The molecule has 0 radical (unpaired) electrons. The van der Waals surface area contributed by atoms with Crippen molar-refractivity contribution >= 4 is 6.09 Å². The van der Waals surface area contributed by atoms with Crippen molar-refractivity contribution in [3.63, 3.8) is 0 Å². The number of nitrogens with zero attached hydrogens (tertiary/aromatic N) is 2. The van der Waals surface area contributed by atoms with Crippen LogP contribution >= 0.6 is 0 Å². The van der Waals surface area contributed by atoms with Crippen molar-refractivity contribution < 1.29 is 18.7 Å². The number of rotatable bonds is 3. The molecule has 23 heavy (non-hydrogen) atoms. The van der Waals surface area contributed by atoms with Crippen molar-refractivity contribution in [3.05, 3.63) is 24.1 Å². The van der Waals surface area contributed by atoms with Gasteiger partial charge in [-0.05, 0) is 46.1 Å². The number of hydrogen-bond acceptors (Lipinski definition) is 4. The number of pyridine rings is 1. The zero-order valence-electron chi connectivity index (χ0n) is 13.8. The summed E-state index contributed by atoms with van der Waals surface area (Å²) in [6.07, 6.45) is 3.84. The second kappa shape index (κ2) is 5.98. The Hall–Kier alpha value is -1.85. The zero-order valence-corrected chi connectivity index (χ0v) is 13.8. The summed E-state index contributed by atoms with van der Waals surface area (Å²) in [5.41, 5.74) is -0.483. The van der Waals surface area contributed by atoms with E-state index in [-0.39, 0.29) is 29.9 Å². The molecular formula is C17H23FN2O3. The monoisotopic (exact) mass is 322 g/mol. The molecule has 6 heteroatoms. The number of aromatic nitrogens is 1. The maximum Gasteiger partial charge on any atom is 0.410 e. The van der Waals surface area contributed by atoms with Crippen LogP contribution in [0.5, 0.6) is 5.88 Å². The Kier molecular flexibility index (Phi) is 4.17. The first-order valence-corrected chi connectivity index (χ1v) is 8.09. The van der Waals surface area contributed by atoms with Gasteiger partial charge in [-0.3, -0.25) is 0 Å². The van der Waals surface area contributed by atoms with Crippen molar-refractivity contribution in [2.45, 2.75) is 57.7 Å². The van der Waals surface area contributed by atoms with Crippen LogP contribution in [0.2, 0.25) is 0 Å². The van der Waals surface area contributed by atoms with Crippen LogP contribution < -0.4 is 4.74 Å². The molecule has 1 aromatic rings. The molecule has 0 aromatic carbocycles. The molecular weight excluding hydrogens is 299 g/mol. The van der Waals surface area contributed by atoms with Crippen molar-refractivity contribution in [2.75, 3.05) is 6.61 Å². The molecule has 0 spiro atoms. The fourth-order valence-electron chi connectivity index (χ4n) is 3.53. The molecule has 3 unspecified atom stereocenters. The van der Waals surface area contributed by atoms with E-state index in [1.165, 1.54) is 12.1 Å². The smallest absolute Gasteiger partial charge is 0.410 e. The quantitative estimate of drug-likeness (QED) is 0.856. The van der Waals surface area contributed by atoms with E-state index in [1.54, 1.807) is 0 Å². The summed E-state index contributed by atoms with van der Waals surface area (Å²) >= 11 is 0. The largest absolute Gasteiger partial charge is 0.477 e. The zero-order chi connectivity index (χ0) is 16.6. The average Bonchev–Trinajstić information content (AvgIpc) is 3.02. The Labute approximate surface area is 135 Å². The number of carbonyl (C=O) groups excluding carboxylic acids is 1. The van der Waals surface area contributed by atoms with Crippen LogP contribution in [-0.2, 0) is 4.74 Å². The number of amides is 1. The summed E-state index contributed by atoms with van der Waals surface area (Å²) in [5, 5.41) is 0. The van der Waals surface area contributed by atoms with E-state index >= 15 is 0 Å². The van der Waals surface area contributed by atoms with Gasteiger partial charge < -0.3 is 14.4 Å². The first kappa shape index (κ1) is 16.0. The Bertz CT molecular complexity index is 570. The van der Waals surface area contributed by atoms with Gasteiger partial charge >= 0.3 is 6.09 Å². The fourth-order valence-corrected chi connectivity index (χ4v) is 3.53. The third kappa shape index (κ3) is 3.57. The molecule has 2 bridgehead atoms. The molecule has 1 aromatic heterocycles. The van der Waals surface area contributed by atoms with E-state index in [2.05, 4.69) is 4.98 Å². The highest BCUT2D eigenvalue weighted by Crippen LogP contribution is 2.42. The van der Waals surface area contributed by atoms with Gasteiger partial charge in [-0.2, -0.15) is 0 Å². The SMILES string of the molecule is CC(C)(C)OC(=O)N1C2CCC1C(COc1ccc(F)cn1)C2. The average molecular weight is 322 g/mol. The molecule has 2 aliphatic heterocycles. The third-order valence-electron chi connectivity index (χ3n) is 4.42. The van der Waals surface area contributed by atoms with E-state index in [1.807, 2.05) is 25.7 Å². The van der Waals surface area contributed by atoms with Gasteiger partial charge in [-0.15, -0.1) is 0 Å². The highest BCUT2D eigenvalue weighted by Gasteiger charge is 2.50. The van der Waals surface area contributed by atoms with Crippen LogP contribution in [0.4, 0.5) is 9.18 Å². The molecule has 2 saturated heterocycles. The highest BCUT2D eigenvalue weighted by atomic mass is 19.1. The van der Waals surface area contributed by atoms with Crippen LogP contribution in [-0.4, -0.2) is 40.3 Å². The normalized spacial score (nSPS) is 26.4. The summed E-state index contributed by atoms with van der Waals surface area (Å²) in [7, 11) is 0. The Morgan fingerprint density at radius 3 is 2.83 bits per heavy atom. The minimum absolute atomic E-state index is 0.162. The topological polar surface area (TPSA) is 51.7 Å². The number of fused-ring (bicyclic) bond motifs is 2. The molecule has 5 nitrogen and oxygen atoms in total. The summed E-state index contributed by atoms with van der Waals surface area (Å²) in [5.74, 6) is 0.305. The van der Waals surface area contributed by atoms with Gasteiger partial charge in [0.15, 0.2) is 0 Å². The Morgan fingerprint density at radius 1 is 1.39 bits per heavy atom. The Morgan fingerprint density at radius 2 is 2.17 bits per heavy atom. The minimum Gasteiger partial charge on any atom is -0.477 e. The number of halogens is 1. The molecule has 1 amide bonds. The first-order valence-electron chi connectivity index (χ1n) is 8.09. The molecule has 2 fully saturated rings. The van der Waals surface area contributed by atoms with Gasteiger partial charge in [0.1, 0.15) is 11.4 Å². The first-order chi connectivity index (χ1) is 10.8. The van der Waals surface area contributed by atoms with E-state index in [9.17, 15) is 9.18 Å². The number of ether oxygens (including phenoxy) is 2. The maximum atomic E-state index is 12.8. The molecule has 126 valence electrons. The lowest BCUT2D eigenvalue weighted by Gasteiger charge is -2.28. The molecule has 3 heterocycles. The lowest BCUT2D eigenvalue weighted by Crippen LogP contribution is -2.41. The van der Waals surface area contributed by atoms with Crippen LogP contribution in [0.25, 0.3) is 0 Å². The lowest BCUT2D eigenvalue weighted by molar-refractivity contribution is 0.0198. The number of carbonyl (C=O) groups is 1. The predicted octanol–water partition coefficient (Wildman–Crippen LogP) is 3.39. The number of hydrogen-bond donors (Lipinski definition) is 0. The molecule has 0 saturated carbocycles. The van der Waals surface area contributed by atoms with Gasteiger partial charge in [-0.25, -0.2) is 14.2 Å². The highest BCUT2D eigenvalue weighted by molar-refractivity contribution is 5.70. The van der Waals surface area contributed by atoms with Crippen LogP contribution in [0.1, 0.15) is 40.0 Å². The Balaban J connectivity index is 1.59. The summed E-state index contributed by atoms with van der Waals surface area (Å²) in [4.78, 5) is 18.2. The van der Waals surface area contributed by atoms with Crippen molar-refractivity contribution in [3.8, 4) is 5.88 Å². The van der Waals surface area contributed by atoms with Gasteiger partial charge in [0.05, 0.1) is 12.8 Å². The van der Waals surface area contributed by atoms with Gasteiger partial charge in [0.25, 0.3) is 0 Å².